The topological polar surface area (TPSA) is 49.4 Å². The highest BCUT2D eigenvalue weighted by molar-refractivity contribution is 7.17. The van der Waals surface area contributed by atoms with Crippen LogP contribution in [0.25, 0.3) is 0 Å². The molecule has 1 aliphatic carbocycles. The third-order valence-electron chi connectivity index (χ3n) is 6.96. The average Bonchev–Trinajstić information content (AvgIpc) is 3.10. The van der Waals surface area contributed by atoms with Crippen LogP contribution >= 0.6 is 11.3 Å². The van der Waals surface area contributed by atoms with Crippen molar-refractivity contribution in [2.75, 3.05) is 18.4 Å². The molecular weight excluding hydrogens is 404 g/mol. The van der Waals surface area contributed by atoms with Gasteiger partial charge in [-0.25, -0.2) is 0 Å². The summed E-state index contributed by atoms with van der Waals surface area (Å²) in [5.41, 5.74) is 3.79. The van der Waals surface area contributed by atoms with Crippen LogP contribution < -0.4 is 5.32 Å². The van der Waals surface area contributed by atoms with Gasteiger partial charge in [-0.15, -0.1) is 11.3 Å². The summed E-state index contributed by atoms with van der Waals surface area (Å²) in [5.74, 6) is 0.569. The first-order valence-electron chi connectivity index (χ1n) is 11.6. The van der Waals surface area contributed by atoms with E-state index in [0.29, 0.717) is 11.5 Å². The Morgan fingerprint density at radius 1 is 1.10 bits per heavy atom. The molecule has 0 radical (unpaired) electrons. The molecule has 0 saturated carbocycles. The van der Waals surface area contributed by atoms with Gasteiger partial charge in [-0.3, -0.25) is 9.59 Å². The van der Waals surface area contributed by atoms with Crippen molar-refractivity contribution in [3.05, 3.63) is 51.4 Å². The van der Waals surface area contributed by atoms with Crippen molar-refractivity contribution < 1.29 is 9.59 Å². The fraction of sp³-hybridized carbons (Fsp3) is 0.538. The van der Waals surface area contributed by atoms with Crippen LogP contribution in [0.15, 0.2) is 24.3 Å². The Bertz CT molecular complexity index is 980. The number of rotatable bonds is 3. The molecule has 2 amide bonds. The summed E-state index contributed by atoms with van der Waals surface area (Å²) in [6, 6.07) is 7.62. The zero-order chi connectivity index (χ0) is 22.2. The molecule has 1 fully saturated rings. The van der Waals surface area contributed by atoms with E-state index in [9.17, 15) is 9.59 Å². The smallest absolute Gasteiger partial charge is 0.257 e. The molecule has 4 nitrogen and oxygen atoms in total. The maximum Gasteiger partial charge on any atom is 0.257 e. The second-order valence-corrected chi connectivity index (χ2v) is 11.2. The van der Waals surface area contributed by atoms with Crippen molar-refractivity contribution in [1.82, 2.24) is 4.90 Å². The number of piperidine rings is 1. The summed E-state index contributed by atoms with van der Waals surface area (Å²) >= 11 is 1.62. The van der Waals surface area contributed by atoms with E-state index in [2.05, 4.69) is 26.1 Å². The molecule has 1 saturated heterocycles. The van der Waals surface area contributed by atoms with E-state index in [0.717, 1.165) is 61.3 Å². The number of amides is 2. The highest BCUT2D eigenvalue weighted by Crippen LogP contribution is 2.45. The summed E-state index contributed by atoms with van der Waals surface area (Å²) < 4.78 is 0. The Morgan fingerprint density at radius 2 is 1.81 bits per heavy atom. The van der Waals surface area contributed by atoms with Crippen LogP contribution in [-0.2, 0) is 12.8 Å². The summed E-state index contributed by atoms with van der Waals surface area (Å²) in [4.78, 5) is 30.0. The van der Waals surface area contributed by atoms with Gasteiger partial charge in [0, 0.05) is 23.5 Å². The monoisotopic (exact) mass is 438 g/mol. The fourth-order valence-electron chi connectivity index (χ4n) is 4.89. The van der Waals surface area contributed by atoms with Crippen LogP contribution in [0.4, 0.5) is 5.00 Å². The van der Waals surface area contributed by atoms with Gasteiger partial charge in [0.25, 0.3) is 11.8 Å². The van der Waals surface area contributed by atoms with Crippen LogP contribution in [0.2, 0.25) is 0 Å². The molecule has 2 heterocycles. The summed E-state index contributed by atoms with van der Waals surface area (Å²) in [6.07, 6.45) is 6.32. The van der Waals surface area contributed by atoms with E-state index in [1.807, 2.05) is 36.1 Å². The van der Waals surface area contributed by atoms with Crippen molar-refractivity contribution in [3.8, 4) is 0 Å². The molecule has 166 valence electrons. The number of aryl methyl sites for hydroxylation is 1. The van der Waals surface area contributed by atoms with Gasteiger partial charge in [0.2, 0.25) is 0 Å². The van der Waals surface area contributed by atoms with E-state index in [1.165, 1.54) is 16.9 Å². The van der Waals surface area contributed by atoms with Crippen LogP contribution in [0.1, 0.15) is 83.2 Å². The number of carbonyl (C=O) groups excluding carboxylic acids is 2. The molecule has 0 bridgehead atoms. The van der Waals surface area contributed by atoms with Crippen LogP contribution in [0.3, 0.4) is 0 Å². The lowest BCUT2D eigenvalue weighted by atomic mass is 9.72. The molecule has 31 heavy (non-hydrogen) atoms. The minimum absolute atomic E-state index is 0.103. The number of benzene rings is 1. The number of fused-ring (bicyclic) bond motifs is 1. The Hall–Kier alpha value is -2.14. The van der Waals surface area contributed by atoms with Crippen LogP contribution in [-0.4, -0.2) is 29.8 Å². The summed E-state index contributed by atoms with van der Waals surface area (Å²) in [6.45, 7) is 10.5. The van der Waals surface area contributed by atoms with Gasteiger partial charge in [0.15, 0.2) is 0 Å². The lowest BCUT2D eigenvalue weighted by Gasteiger charge is -2.34. The molecule has 5 heteroatoms. The number of hydrogen-bond donors (Lipinski definition) is 1. The maximum atomic E-state index is 13.6. The minimum atomic E-state index is -0.128. The SMILES string of the molecule is Cc1ccccc1C(=O)Nc1sc2c(c1C(=O)N1CCCCC1)CC[C@H](C(C)(C)C)C2. The highest BCUT2D eigenvalue weighted by Gasteiger charge is 2.35. The average molecular weight is 439 g/mol. The first-order valence-corrected chi connectivity index (χ1v) is 12.4. The van der Waals surface area contributed by atoms with Gasteiger partial charge in [-0.05, 0) is 74.0 Å². The largest absolute Gasteiger partial charge is 0.339 e. The zero-order valence-corrected chi connectivity index (χ0v) is 20.0. The van der Waals surface area contributed by atoms with Crippen molar-refractivity contribution in [3.63, 3.8) is 0 Å². The summed E-state index contributed by atoms with van der Waals surface area (Å²) in [7, 11) is 0. The molecule has 1 N–H and O–H groups in total. The van der Waals surface area contributed by atoms with Crippen molar-refractivity contribution in [2.24, 2.45) is 11.3 Å². The Kier molecular flexibility index (Phi) is 6.25. The molecule has 0 unspecified atom stereocenters. The van der Waals surface area contributed by atoms with Gasteiger partial charge in [-0.1, -0.05) is 39.0 Å². The molecule has 4 rings (SSSR count). The third kappa shape index (κ3) is 4.57. The number of likely N-dealkylation sites (tertiary alicyclic amines) is 1. The van der Waals surface area contributed by atoms with Crippen LogP contribution in [0, 0.1) is 18.3 Å². The molecule has 1 aliphatic heterocycles. The Balaban J connectivity index is 1.69. The predicted molar refractivity (Wildman–Crippen MR) is 128 cm³/mol. The van der Waals surface area contributed by atoms with E-state index in [-0.39, 0.29) is 17.2 Å². The van der Waals surface area contributed by atoms with Gasteiger partial charge < -0.3 is 10.2 Å². The predicted octanol–water partition coefficient (Wildman–Crippen LogP) is 6.09. The quantitative estimate of drug-likeness (QED) is 0.631. The van der Waals surface area contributed by atoms with E-state index < -0.39 is 0 Å². The number of anilines is 1. The number of hydrogen-bond acceptors (Lipinski definition) is 3. The highest BCUT2D eigenvalue weighted by atomic mass is 32.1. The molecule has 1 aromatic heterocycles. The summed E-state index contributed by atoms with van der Waals surface area (Å²) in [5, 5.41) is 3.87. The second-order valence-electron chi connectivity index (χ2n) is 10.1. The molecule has 1 atom stereocenters. The van der Waals surface area contributed by atoms with Crippen molar-refractivity contribution in [2.45, 2.75) is 66.2 Å². The number of nitrogens with zero attached hydrogens (tertiary/aromatic N) is 1. The molecule has 0 spiro atoms. The van der Waals surface area contributed by atoms with E-state index in [1.54, 1.807) is 11.3 Å². The maximum absolute atomic E-state index is 13.6. The standard InChI is InChI=1S/C26H34N2O2S/c1-17-10-6-7-11-19(17)23(29)27-24-22(25(30)28-14-8-5-9-15-28)20-13-12-18(26(2,3)4)16-21(20)31-24/h6-7,10-11,18H,5,8-9,12-16H2,1-4H3,(H,27,29)/t18-/m0/s1. The zero-order valence-electron chi connectivity index (χ0n) is 19.2. The van der Waals surface area contributed by atoms with E-state index in [4.69, 9.17) is 0 Å². The van der Waals surface area contributed by atoms with Gasteiger partial charge >= 0.3 is 0 Å². The molecule has 2 aromatic rings. The van der Waals surface area contributed by atoms with Gasteiger partial charge in [-0.2, -0.15) is 0 Å². The number of thiophene rings is 1. The number of nitrogens with one attached hydrogen (secondary N) is 1. The van der Waals surface area contributed by atoms with Gasteiger partial charge in [0.05, 0.1) is 5.56 Å². The minimum Gasteiger partial charge on any atom is -0.339 e. The first kappa shape index (κ1) is 22.1. The van der Waals surface area contributed by atoms with Crippen molar-refractivity contribution in [1.29, 1.82) is 0 Å². The molecule has 2 aliphatic rings. The van der Waals surface area contributed by atoms with Gasteiger partial charge in [0.1, 0.15) is 5.00 Å². The fourth-order valence-corrected chi connectivity index (χ4v) is 6.21. The first-order chi connectivity index (χ1) is 14.8. The number of carbonyl (C=O) groups is 2. The molecule has 1 aromatic carbocycles. The van der Waals surface area contributed by atoms with Crippen LogP contribution in [0.5, 0.6) is 0 Å². The Labute approximate surface area is 190 Å². The second kappa shape index (κ2) is 8.78. The lowest BCUT2D eigenvalue weighted by molar-refractivity contribution is 0.0724. The lowest BCUT2D eigenvalue weighted by Crippen LogP contribution is -2.36. The Morgan fingerprint density at radius 3 is 2.48 bits per heavy atom. The van der Waals surface area contributed by atoms with E-state index >= 15 is 0 Å². The third-order valence-corrected chi connectivity index (χ3v) is 8.13. The normalized spacial score (nSPS) is 19.1. The molecular formula is C26H34N2O2S. The van der Waals surface area contributed by atoms with Crippen molar-refractivity contribution >= 4 is 28.2 Å².